The van der Waals surface area contributed by atoms with Crippen molar-refractivity contribution in [3.05, 3.63) is 29.8 Å². The number of carbonyl (C=O) groups is 1. The molecule has 2 fully saturated rings. The predicted octanol–water partition coefficient (Wildman–Crippen LogP) is 5.38. The molecule has 0 bridgehead atoms. The molecule has 2 saturated carbocycles. The van der Waals surface area contributed by atoms with E-state index in [0.717, 1.165) is 25.7 Å². The molecule has 3 heteroatoms. The third-order valence-electron chi connectivity index (χ3n) is 5.71. The fourth-order valence-corrected chi connectivity index (χ4v) is 4.02. The summed E-state index contributed by atoms with van der Waals surface area (Å²) in [5.74, 6) is 1.45. The molecule has 2 aliphatic carbocycles. The van der Waals surface area contributed by atoms with Crippen molar-refractivity contribution in [2.24, 2.45) is 11.8 Å². The molecule has 0 N–H and O–H groups in total. The number of esters is 1. The topological polar surface area (TPSA) is 35.5 Å². The summed E-state index contributed by atoms with van der Waals surface area (Å²) in [6, 6.07) is 7.56. The van der Waals surface area contributed by atoms with Crippen LogP contribution in [0.1, 0.15) is 75.6 Å². The van der Waals surface area contributed by atoms with Gasteiger partial charge in [0.2, 0.25) is 0 Å². The van der Waals surface area contributed by atoms with Gasteiger partial charge in [0.05, 0.1) is 0 Å². The number of rotatable bonds is 4. The largest absolute Gasteiger partial charge is 0.489 e. The minimum Gasteiger partial charge on any atom is -0.489 e. The first kappa shape index (κ1) is 17.3. The van der Waals surface area contributed by atoms with E-state index in [-0.39, 0.29) is 18.2 Å². The van der Waals surface area contributed by atoms with Gasteiger partial charge in [-0.05, 0) is 62.5 Å². The summed E-state index contributed by atoms with van der Waals surface area (Å²) in [6.07, 6.45) is 9.56. The predicted molar refractivity (Wildman–Crippen MR) is 95.3 cm³/mol. The fraction of sp³-hybridized carbons (Fsp3) is 0.667. The van der Waals surface area contributed by atoms with Crippen molar-refractivity contribution in [2.75, 3.05) is 0 Å². The molecule has 0 aromatic heterocycles. The van der Waals surface area contributed by atoms with Crippen LogP contribution in [0.15, 0.2) is 24.3 Å². The Morgan fingerprint density at radius 2 is 1.46 bits per heavy atom. The van der Waals surface area contributed by atoms with Gasteiger partial charge >= 0.3 is 5.97 Å². The maximum absolute atomic E-state index is 12.7. The lowest BCUT2D eigenvalue weighted by Crippen LogP contribution is -2.30. The molecule has 132 valence electrons. The smallest absolute Gasteiger partial charge is 0.342 e. The van der Waals surface area contributed by atoms with Crippen LogP contribution in [0.25, 0.3) is 0 Å². The Morgan fingerprint density at radius 1 is 0.875 bits per heavy atom. The van der Waals surface area contributed by atoms with Gasteiger partial charge in [0.15, 0.2) is 0 Å². The first-order valence-corrected chi connectivity index (χ1v) is 9.62. The number of carbonyl (C=O) groups excluding carboxylic acids is 1. The minimum absolute atomic E-state index is 0.0490. The third kappa shape index (κ3) is 4.12. The van der Waals surface area contributed by atoms with E-state index < -0.39 is 0 Å². The van der Waals surface area contributed by atoms with Gasteiger partial charge in [-0.25, -0.2) is 4.79 Å². The van der Waals surface area contributed by atoms with Crippen molar-refractivity contribution < 1.29 is 14.3 Å². The molecular weight excluding hydrogens is 300 g/mol. The van der Waals surface area contributed by atoms with E-state index in [4.69, 9.17) is 9.47 Å². The van der Waals surface area contributed by atoms with Crippen LogP contribution in [0.5, 0.6) is 5.75 Å². The van der Waals surface area contributed by atoms with Gasteiger partial charge in [-0.1, -0.05) is 38.8 Å². The van der Waals surface area contributed by atoms with Crippen molar-refractivity contribution >= 4 is 5.97 Å². The number of hydrogen-bond donors (Lipinski definition) is 0. The van der Waals surface area contributed by atoms with Crippen molar-refractivity contribution in [2.45, 2.75) is 77.4 Å². The first-order chi connectivity index (χ1) is 11.6. The molecule has 24 heavy (non-hydrogen) atoms. The Labute approximate surface area is 145 Å². The maximum atomic E-state index is 12.7. The average molecular weight is 330 g/mol. The summed E-state index contributed by atoms with van der Waals surface area (Å²) in [4.78, 5) is 12.7. The molecule has 2 aliphatic rings. The van der Waals surface area contributed by atoms with Crippen LogP contribution in [-0.2, 0) is 4.74 Å². The number of ether oxygens (including phenoxy) is 2. The lowest BCUT2D eigenvalue weighted by atomic mass is 9.88. The Balaban J connectivity index is 1.69. The highest BCUT2D eigenvalue weighted by atomic mass is 16.5. The van der Waals surface area contributed by atoms with Crippen LogP contribution in [0.4, 0.5) is 0 Å². The van der Waals surface area contributed by atoms with E-state index in [1.165, 1.54) is 25.7 Å². The zero-order valence-electron chi connectivity index (χ0n) is 15.0. The van der Waals surface area contributed by atoms with Crippen LogP contribution in [-0.4, -0.2) is 18.2 Å². The minimum atomic E-state index is -0.229. The van der Waals surface area contributed by atoms with Gasteiger partial charge in [-0.2, -0.15) is 0 Å². The fourth-order valence-electron chi connectivity index (χ4n) is 4.02. The van der Waals surface area contributed by atoms with Gasteiger partial charge in [0.1, 0.15) is 23.5 Å². The van der Waals surface area contributed by atoms with E-state index in [1.54, 1.807) is 0 Å². The second-order valence-electron chi connectivity index (χ2n) is 7.62. The Hall–Kier alpha value is -1.51. The number of hydrogen-bond acceptors (Lipinski definition) is 3. The molecule has 0 amide bonds. The molecule has 4 unspecified atom stereocenters. The lowest BCUT2D eigenvalue weighted by molar-refractivity contribution is 0.00399. The molecule has 0 spiro atoms. The second kappa shape index (κ2) is 8.04. The summed E-state index contributed by atoms with van der Waals surface area (Å²) in [5, 5.41) is 0. The van der Waals surface area contributed by atoms with Gasteiger partial charge in [0.25, 0.3) is 0 Å². The Bertz CT molecular complexity index is 554. The first-order valence-electron chi connectivity index (χ1n) is 9.62. The molecule has 0 aliphatic heterocycles. The van der Waals surface area contributed by atoms with Crippen molar-refractivity contribution in [3.63, 3.8) is 0 Å². The molecule has 0 saturated heterocycles. The molecule has 0 heterocycles. The zero-order valence-corrected chi connectivity index (χ0v) is 15.0. The van der Waals surface area contributed by atoms with Crippen molar-refractivity contribution in [1.29, 1.82) is 0 Å². The highest BCUT2D eigenvalue weighted by Crippen LogP contribution is 2.31. The number of benzene rings is 1. The van der Waals surface area contributed by atoms with E-state index in [1.807, 2.05) is 24.3 Å². The molecule has 0 radical (unpaired) electrons. The molecule has 4 atom stereocenters. The summed E-state index contributed by atoms with van der Waals surface area (Å²) < 4.78 is 12.1. The van der Waals surface area contributed by atoms with E-state index in [9.17, 15) is 4.79 Å². The van der Waals surface area contributed by atoms with Crippen LogP contribution < -0.4 is 4.74 Å². The standard InChI is InChI=1S/C21H30O3/c1-15-9-3-6-12-18(15)23-20-14-8-5-11-17(20)21(22)24-19-13-7-4-10-16(19)2/h5,8,11,14-16,18-19H,3-4,6-7,9-10,12-13H2,1-2H3. The van der Waals surface area contributed by atoms with Gasteiger partial charge in [0, 0.05) is 0 Å². The van der Waals surface area contributed by atoms with Crippen LogP contribution in [0.3, 0.4) is 0 Å². The SMILES string of the molecule is CC1CCCCC1OC(=O)c1ccccc1OC1CCCCC1C. The van der Waals surface area contributed by atoms with Gasteiger partial charge < -0.3 is 9.47 Å². The van der Waals surface area contributed by atoms with Gasteiger partial charge in [-0.3, -0.25) is 0 Å². The quantitative estimate of drug-likeness (QED) is 0.695. The highest BCUT2D eigenvalue weighted by molar-refractivity contribution is 5.92. The van der Waals surface area contributed by atoms with E-state index in [0.29, 0.717) is 23.1 Å². The van der Waals surface area contributed by atoms with Crippen molar-refractivity contribution in [1.82, 2.24) is 0 Å². The summed E-state index contributed by atoms with van der Waals surface area (Å²) in [6.45, 7) is 4.43. The van der Waals surface area contributed by atoms with Crippen LogP contribution in [0.2, 0.25) is 0 Å². The zero-order chi connectivity index (χ0) is 16.9. The van der Waals surface area contributed by atoms with Crippen molar-refractivity contribution in [3.8, 4) is 5.75 Å². The summed E-state index contributed by atoms with van der Waals surface area (Å²) in [7, 11) is 0. The Morgan fingerprint density at radius 3 is 2.12 bits per heavy atom. The lowest BCUT2D eigenvalue weighted by Gasteiger charge is -2.31. The second-order valence-corrected chi connectivity index (χ2v) is 7.62. The molecular formula is C21H30O3. The third-order valence-corrected chi connectivity index (χ3v) is 5.71. The molecule has 3 rings (SSSR count). The van der Waals surface area contributed by atoms with E-state index in [2.05, 4.69) is 13.8 Å². The Kier molecular flexibility index (Phi) is 5.80. The molecule has 3 nitrogen and oxygen atoms in total. The average Bonchev–Trinajstić information content (AvgIpc) is 2.59. The monoisotopic (exact) mass is 330 g/mol. The summed E-state index contributed by atoms with van der Waals surface area (Å²) in [5.41, 5.74) is 0.577. The number of para-hydroxylation sites is 1. The molecule has 1 aromatic rings. The maximum Gasteiger partial charge on any atom is 0.342 e. The van der Waals surface area contributed by atoms with Crippen LogP contribution >= 0.6 is 0 Å². The normalized spacial score (nSPS) is 30.6. The molecule has 1 aromatic carbocycles. The van der Waals surface area contributed by atoms with E-state index >= 15 is 0 Å². The van der Waals surface area contributed by atoms with Crippen LogP contribution in [0, 0.1) is 11.8 Å². The summed E-state index contributed by atoms with van der Waals surface area (Å²) >= 11 is 0. The highest BCUT2D eigenvalue weighted by Gasteiger charge is 2.28. The van der Waals surface area contributed by atoms with Gasteiger partial charge in [-0.15, -0.1) is 0 Å².